The fraction of sp³-hybridized carbons (Fsp3) is 0.385. The number of amides is 1. The third-order valence-electron chi connectivity index (χ3n) is 6.07. The first-order chi connectivity index (χ1) is 17.3. The first kappa shape index (κ1) is 25.0. The molecule has 2 aromatic heterocycles. The van der Waals surface area contributed by atoms with E-state index < -0.39 is 5.41 Å². The Bertz CT molecular complexity index is 1280. The zero-order valence-corrected chi connectivity index (χ0v) is 21.0. The standard InChI is InChI=1S/C26H30N8O2/c1-5-28-25-32-21(14-23(33-25)34-8-10-36-11-9-34)19-13-22(20(12-17(19)2)26(3,4)16-27)31-24(35)18-6-7-29-30-15-18/h6-7,12-15H,5,8-11H2,1-4H3,(H,31,35)(H,28,32,33). The van der Waals surface area contributed by atoms with Crippen LogP contribution in [0.2, 0.25) is 0 Å². The quantitative estimate of drug-likeness (QED) is 0.515. The smallest absolute Gasteiger partial charge is 0.257 e. The minimum Gasteiger partial charge on any atom is -0.378 e. The normalized spacial score (nSPS) is 13.7. The number of aromatic nitrogens is 4. The molecule has 3 aromatic rings. The highest BCUT2D eigenvalue weighted by Gasteiger charge is 2.26. The second kappa shape index (κ2) is 10.7. The lowest BCUT2D eigenvalue weighted by atomic mass is 9.83. The second-order valence-corrected chi connectivity index (χ2v) is 9.10. The van der Waals surface area contributed by atoms with Gasteiger partial charge in [0.05, 0.1) is 48.3 Å². The first-order valence-corrected chi connectivity index (χ1v) is 11.9. The molecule has 0 bridgehead atoms. The van der Waals surface area contributed by atoms with Crippen LogP contribution in [-0.2, 0) is 10.2 Å². The van der Waals surface area contributed by atoms with Crippen LogP contribution in [0.3, 0.4) is 0 Å². The number of morpholine rings is 1. The van der Waals surface area contributed by atoms with Gasteiger partial charge in [0.15, 0.2) is 0 Å². The van der Waals surface area contributed by atoms with Gasteiger partial charge in [0.2, 0.25) is 5.95 Å². The van der Waals surface area contributed by atoms with Crippen LogP contribution in [0.5, 0.6) is 0 Å². The molecule has 2 N–H and O–H groups in total. The van der Waals surface area contributed by atoms with E-state index in [1.54, 1.807) is 6.07 Å². The van der Waals surface area contributed by atoms with Crippen molar-refractivity contribution in [3.05, 3.63) is 53.3 Å². The van der Waals surface area contributed by atoms with Crippen LogP contribution in [0, 0.1) is 18.3 Å². The topological polar surface area (TPSA) is 129 Å². The SMILES string of the molecule is CCNc1nc(-c2cc(NC(=O)c3ccnnc3)c(C(C)(C)C#N)cc2C)cc(N2CCOCC2)n1. The number of ether oxygens (including phenoxy) is 1. The Morgan fingerprint density at radius 3 is 2.64 bits per heavy atom. The molecule has 1 saturated heterocycles. The number of hydrogen-bond donors (Lipinski definition) is 2. The van der Waals surface area contributed by atoms with Gasteiger partial charge in [-0.05, 0) is 51.0 Å². The van der Waals surface area contributed by atoms with Crippen molar-refractivity contribution < 1.29 is 9.53 Å². The Balaban J connectivity index is 1.82. The van der Waals surface area contributed by atoms with E-state index >= 15 is 0 Å². The molecule has 0 spiro atoms. The van der Waals surface area contributed by atoms with Crippen molar-refractivity contribution in [1.29, 1.82) is 5.26 Å². The van der Waals surface area contributed by atoms with Gasteiger partial charge in [-0.25, -0.2) is 4.98 Å². The number of nitrogens with zero attached hydrogens (tertiary/aromatic N) is 6. The summed E-state index contributed by atoms with van der Waals surface area (Å²) in [6.45, 7) is 11.1. The molecule has 10 heteroatoms. The molecule has 0 unspecified atom stereocenters. The molecule has 1 aliphatic heterocycles. The van der Waals surface area contributed by atoms with Gasteiger partial charge in [-0.2, -0.15) is 20.4 Å². The largest absolute Gasteiger partial charge is 0.378 e. The molecule has 36 heavy (non-hydrogen) atoms. The molecule has 186 valence electrons. The van der Waals surface area contributed by atoms with Crippen molar-refractivity contribution in [2.45, 2.75) is 33.1 Å². The third-order valence-corrected chi connectivity index (χ3v) is 6.07. The molecule has 0 aliphatic carbocycles. The van der Waals surface area contributed by atoms with Crippen molar-refractivity contribution in [2.24, 2.45) is 0 Å². The fourth-order valence-corrected chi connectivity index (χ4v) is 4.05. The van der Waals surface area contributed by atoms with E-state index in [-0.39, 0.29) is 5.91 Å². The van der Waals surface area contributed by atoms with Gasteiger partial charge in [0, 0.05) is 37.0 Å². The van der Waals surface area contributed by atoms with Crippen LogP contribution in [0.25, 0.3) is 11.3 Å². The Kier molecular flexibility index (Phi) is 7.41. The predicted molar refractivity (Wildman–Crippen MR) is 138 cm³/mol. The summed E-state index contributed by atoms with van der Waals surface area (Å²) >= 11 is 0. The van der Waals surface area contributed by atoms with E-state index in [4.69, 9.17) is 14.7 Å². The number of rotatable bonds is 7. The van der Waals surface area contributed by atoms with Crippen molar-refractivity contribution in [3.63, 3.8) is 0 Å². The number of carbonyl (C=O) groups is 1. The lowest BCUT2D eigenvalue weighted by Gasteiger charge is -2.28. The highest BCUT2D eigenvalue weighted by Crippen LogP contribution is 2.36. The third kappa shape index (κ3) is 5.42. The fourth-order valence-electron chi connectivity index (χ4n) is 4.05. The van der Waals surface area contributed by atoms with Crippen LogP contribution < -0.4 is 15.5 Å². The molecular formula is C26H30N8O2. The zero-order chi connectivity index (χ0) is 25.7. The molecule has 1 fully saturated rings. The second-order valence-electron chi connectivity index (χ2n) is 9.10. The van der Waals surface area contributed by atoms with Gasteiger partial charge in [-0.15, -0.1) is 0 Å². The van der Waals surface area contributed by atoms with E-state index in [0.717, 1.165) is 41.3 Å². The summed E-state index contributed by atoms with van der Waals surface area (Å²) < 4.78 is 5.50. The molecule has 0 radical (unpaired) electrons. The number of nitrogens with one attached hydrogen (secondary N) is 2. The molecule has 1 aromatic carbocycles. The van der Waals surface area contributed by atoms with Crippen molar-refractivity contribution in [1.82, 2.24) is 20.2 Å². The predicted octanol–water partition coefficient (Wildman–Crippen LogP) is 3.56. The lowest BCUT2D eigenvalue weighted by molar-refractivity contribution is 0.102. The van der Waals surface area contributed by atoms with Gasteiger partial charge in [0.25, 0.3) is 5.91 Å². The highest BCUT2D eigenvalue weighted by molar-refractivity contribution is 6.05. The number of aryl methyl sites for hydroxylation is 1. The van der Waals surface area contributed by atoms with Crippen LogP contribution in [-0.4, -0.2) is 58.9 Å². The monoisotopic (exact) mass is 486 g/mol. The van der Waals surface area contributed by atoms with E-state index in [0.29, 0.717) is 37.0 Å². The Morgan fingerprint density at radius 1 is 1.19 bits per heavy atom. The summed E-state index contributed by atoms with van der Waals surface area (Å²) in [5.74, 6) is 1.01. The number of nitriles is 1. The maximum Gasteiger partial charge on any atom is 0.257 e. The maximum atomic E-state index is 13.0. The number of hydrogen-bond acceptors (Lipinski definition) is 9. The minimum absolute atomic E-state index is 0.334. The number of carbonyl (C=O) groups excluding carboxylic acids is 1. The summed E-state index contributed by atoms with van der Waals surface area (Å²) in [5, 5.41) is 23.6. The molecule has 4 rings (SSSR count). The van der Waals surface area contributed by atoms with E-state index in [9.17, 15) is 10.1 Å². The maximum absolute atomic E-state index is 13.0. The van der Waals surface area contributed by atoms with Crippen LogP contribution >= 0.6 is 0 Å². The van der Waals surface area contributed by atoms with Gasteiger partial charge >= 0.3 is 0 Å². The average Bonchev–Trinajstić information content (AvgIpc) is 2.90. The van der Waals surface area contributed by atoms with E-state index in [1.165, 1.54) is 12.4 Å². The Morgan fingerprint density at radius 2 is 1.97 bits per heavy atom. The lowest BCUT2D eigenvalue weighted by Crippen LogP contribution is -2.37. The van der Waals surface area contributed by atoms with Gasteiger partial charge < -0.3 is 20.3 Å². The molecule has 0 saturated carbocycles. The first-order valence-electron chi connectivity index (χ1n) is 11.9. The summed E-state index contributed by atoms with van der Waals surface area (Å²) in [6, 6.07) is 9.73. The highest BCUT2D eigenvalue weighted by atomic mass is 16.5. The van der Waals surface area contributed by atoms with E-state index in [2.05, 4.69) is 31.8 Å². The van der Waals surface area contributed by atoms with Crippen LogP contribution in [0.1, 0.15) is 42.3 Å². The van der Waals surface area contributed by atoms with Crippen molar-refractivity contribution in [2.75, 3.05) is 48.4 Å². The van der Waals surface area contributed by atoms with Crippen LogP contribution in [0.4, 0.5) is 17.5 Å². The van der Waals surface area contributed by atoms with Crippen LogP contribution in [0.15, 0.2) is 36.7 Å². The Hall–Kier alpha value is -4.10. The Labute approximate surface area is 210 Å². The molecule has 1 aliphatic rings. The average molecular weight is 487 g/mol. The molecular weight excluding hydrogens is 456 g/mol. The summed E-state index contributed by atoms with van der Waals surface area (Å²) in [5.41, 5.74) is 3.30. The minimum atomic E-state index is -0.831. The van der Waals surface area contributed by atoms with Gasteiger partial charge in [-0.1, -0.05) is 6.07 Å². The van der Waals surface area contributed by atoms with Crippen molar-refractivity contribution in [3.8, 4) is 17.3 Å². The van der Waals surface area contributed by atoms with Gasteiger partial charge in [-0.3, -0.25) is 4.79 Å². The zero-order valence-electron chi connectivity index (χ0n) is 21.0. The number of anilines is 3. The molecule has 1 amide bonds. The van der Waals surface area contributed by atoms with Gasteiger partial charge in [0.1, 0.15) is 5.82 Å². The molecule has 10 nitrogen and oxygen atoms in total. The summed E-state index contributed by atoms with van der Waals surface area (Å²) in [7, 11) is 0. The molecule has 3 heterocycles. The number of benzene rings is 1. The van der Waals surface area contributed by atoms with E-state index in [1.807, 2.05) is 45.9 Å². The van der Waals surface area contributed by atoms with Crippen molar-refractivity contribution >= 4 is 23.4 Å². The summed E-state index contributed by atoms with van der Waals surface area (Å²) in [4.78, 5) is 24.6. The summed E-state index contributed by atoms with van der Waals surface area (Å²) in [6.07, 6.45) is 2.87. The molecule has 0 atom stereocenters.